The van der Waals surface area contributed by atoms with Crippen LogP contribution in [0.4, 0.5) is 11.4 Å². The van der Waals surface area contributed by atoms with Crippen LogP contribution in [0.15, 0.2) is 72.8 Å². The molecular formula is C22H20N2O2. The van der Waals surface area contributed by atoms with Gasteiger partial charge >= 0.3 is 0 Å². The number of hydrogen-bond donors (Lipinski definition) is 2. The SMILES string of the molecule is O=C1CCNc2c(cccc2-c2ccccc2OCc2ccccc2)N1. The Hall–Kier alpha value is -3.27. The Morgan fingerprint density at radius 2 is 1.62 bits per heavy atom. The van der Waals surface area contributed by atoms with E-state index in [1.165, 1.54) is 0 Å². The molecule has 3 aromatic carbocycles. The zero-order chi connectivity index (χ0) is 17.8. The highest BCUT2D eigenvalue weighted by molar-refractivity contribution is 6.00. The minimum atomic E-state index is 0.0296. The monoisotopic (exact) mass is 344 g/mol. The lowest BCUT2D eigenvalue weighted by Crippen LogP contribution is -2.10. The van der Waals surface area contributed by atoms with Crippen molar-refractivity contribution in [3.05, 3.63) is 78.4 Å². The Bertz CT molecular complexity index is 922. The average molecular weight is 344 g/mol. The van der Waals surface area contributed by atoms with Crippen molar-refractivity contribution >= 4 is 17.3 Å². The molecule has 4 nitrogen and oxygen atoms in total. The number of carbonyl (C=O) groups is 1. The molecular weight excluding hydrogens is 324 g/mol. The second kappa shape index (κ2) is 7.31. The van der Waals surface area contributed by atoms with E-state index in [0.29, 0.717) is 19.6 Å². The lowest BCUT2D eigenvalue weighted by atomic mass is 10.0. The van der Waals surface area contributed by atoms with Gasteiger partial charge in [-0.15, -0.1) is 0 Å². The molecule has 2 N–H and O–H groups in total. The van der Waals surface area contributed by atoms with Crippen molar-refractivity contribution in [3.8, 4) is 16.9 Å². The van der Waals surface area contributed by atoms with Crippen LogP contribution in [0.1, 0.15) is 12.0 Å². The summed E-state index contributed by atoms with van der Waals surface area (Å²) in [6.45, 7) is 1.12. The van der Waals surface area contributed by atoms with Gasteiger partial charge in [-0.3, -0.25) is 4.79 Å². The molecule has 4 heteroatoms. The molecule has 0 bridgehead atoms. The maximum absolute atomic E-state index is 11.8. The smallest absolute Gasteiger partial charge is 0.226 e. The summed E-state index contributed by atoms with van der Waals surface area (Å²) in [5.41, 5.74) is 4.90. The molecule has 0 spiro atoms. The predicted molar refractivity (Wildman–Crippen MR) is 104 cm³/mol. The van der Waals surface area contributed by atoms with Crippen LogP contribution in [0.3, 0.4) is 0 Å². The van der Waals surface area contributed by atoms with Gasteiger partial charge in [0, 0.05) is 24.1 Å². The number of benzene rings is 3. The number of hydrogen-bond acceptors (Lipinski definition) is 3. The first-order valence-electron chi connectivity index (χ1n) is 8.74. The number of amides is 1. The number of ether oxygens (including phenoxy) is 1. The van der Waals surface area contributed by atoms with Crippen LogP contribution in [0.5, 0.6) is 5.75 Å². The van der Waals surface area contributed by atoms with Gasteiger partial charge < -0.3 is 15.4 Å². The third-order valence-electron chi connectivity index (χ3n) is 4.41. The van der Waals surface area contributed by atoms with Gasteiger partial charge in [0.05, 0.1) is 11.4 Å². The summed E-state index contributed by atoms with van der Waals surface area (Å²) in [7, 11) is 0. The van der Waals surface area contributed by atoms with Crippen molar-refractivity contribution in [2.45, 2.75) is 13.0 Å². The number of rotatable bonds is 4. The molecule has 0 unspecified atom stereocenters. The second-order valence-corrected chi connectivity index (χ2v) is 6.22. The van der Waals surface area contributed by atoms with E-state index in [1.54, 1.807) is 0 Å². The van der Waals surface area contributed by atoms with E-state index < -0.39 is 0 Å². The van der Waals surface area contributed by atoms with Gasteiger partial charge in [-0.2, -0.15) is 0 Å². The molecule has 0 aliphatic carbocycles. The summed E-state index contributed by atoms with van der Waals surface area (Å²) in [5.74, 6) is 0.851. The number of nitrogens with one attached hydrogen (secondary N) is 2. The van der Waals surface area contributed by atoms with Crippen molar-refractivity contribution in [1.82, 2.24) is 0 Å². The zero-order valence-electron chi connectivity index (χ0n) is 14.4. The van der Waals surface area contributed by atoms with E-state index in [0.717, 1.165) is 33.8 Å². The molecule has 0 fully saturated rings. The normalized spacial score (nSPS) is 13.2. The van der Waals surface area contributed by atoms with Crippen LogP contribution in [-0.4, -0.2) is 12.5 Å². The van der Waals surface area contributed by atoms with E-state index in [4.69, 9.17) is 4.74 Å². The molecule has 0 saturated carbocycles. The Morgan fingerprint density at radius 1 is 0.846 bits per heavy atom. The van der Waals surface area contributed by atoms with E-state index in [2.05, 4.69) is 10.6 Å². The Morgan fingerprint density at radius 3 is 2.50 bits per heavy atom. The second-order valence-electron chi connectivity index (χ2n) is 6.22. The Balaban J connectivity index is 1.69. The molecule has 1 heterocycles. The molecule has 0 saturated heterocycles. The van der Waals surface area contributed by atoms with E-state index >= 15 is 0 Å². The molecule has 3 aromatic rings. The van der Waals surface area contributed by atoms with Gasteiger partial charge in [-0.25, -0.2) is 0 Å². The molecule has 130 valence electrons. The van der Waals surface area contributed by atoms with Crippen LogP contribution in [-0.2, 0) is 11.4 Å². The highest BCUT2D eigenvalue weighted by atomic mass is 16.5. The topological polar surface area (TPSA) is 50.4 Å². The first kappa shape index (κ1) is 16.2. The molecule has 0 atom stereocenters. The fourth-order valence-electron chi connectivity index (χ4n) is 3.14. The van der Waals surface area contributed by atoms with Gasteiger partial charge in [0.2, 0.25) is 5.91 Å². The van der Waals surface area contributed by atoms with Crippen LogP contribution < -0.4 is 15.4 Å². The van der Waals surface area contributed by atoms with Crippen molar-refractivity contribution in [2.75, 3.05) is 17.2 Å². The predicted octanol–water partition coefficient (Wildman–Crippen LogP) is 4.69. The van der Waals surface area contributed by atoms with Gasteiger partial charge in [0.25, 0.3) is 0 Å². The fraction of sp³-hybridized carbons (Fsp3) is 0.136. The van der Waals surface area contributed by atoms with Crippen molar-refractivity contribution < 1.29 is 9.53 Å². The highest BCUT2D eigenvalue weighted by Gasteiger charge is 2.18. The Kier molecular flexibility index (Phi) is 4.56. The number of fused-ring (bicyclic) bond motifs is 1. The first-order chi connectivity index (χ1) is 12.8. The first-order valence-corrected chi connectivity index (χ1v) is 8.74. The van der Waals surface area contributed by atoms with Gasteiger partial charge in [0.1, 0.15) is 12.4 Å². The van der Waals surface area contributed by atoms with E-state index in [-0.39, 0.29) is 5.91 Å². The van der Waals surface area contributed by atoms with Crippen LogP contribution in [0.2, 0.25) is 0 Å². The van der Waals surface area contributed by atoms with Crippen molar-refractivity contribution in [2.24, 2.45) is 0 Å². The van der Waals surface area contributed by atoms with E-state index in [1.807, 2.05) is 72.8 Å². The number of para-hydroxylation sites is 2. The Labute approximate surface area is 152 Å². The van der Waals surface area contributed by atoms with Crippen molar-refractivity contribution in [1.29, 1.82) is 0 Å². The summed E-state index contributed by atoms with van der Waals surface area (Å²) >= 11 is 0. The third-order valence-corrected chi connectivity index (χ3v) is 4.41. The molecule has 1 amide bonds. The highest BCUT2D eigenvalue weighted by Crippen LogP contribution is 2.39. The molecule has 1 aliphatic heterocycles. The lowest BCUT2D eigenvalue weighted by Gasteiger charge is -2.17. The minimum absolute atomic E-state index is 0.0296. The number of carbonyl (C=O) groups excluding carboxylic acids is 1. The summed E-state index contributed by atoms with van der Waals surface area (Å²) in [6, 6.07) is 24.0. The molecule has 4 rings (SSSR count). The molecule has 0 radical (unpaired) electrons. The zero-order valence-corrected chi connectivity index (χ0v) is 14.4. The summed E-state index contributed by atoms with van der Waals surface area (Å²) in [5, 5.41) is 6.35. The quantitative estimate of drug-likeness (QED) is 0.722. The third kappa shape index (κ3) is 3.40. The van der Waals surface area contributed by atoms with Gasteiger partial charge in [-0.05, 0) is 17.7 Å². The van der Waals surface area contributed by atoms with Crippen LogP contribution >= 0.6 is 0 Å². The van der Waals surface area contributed by atoms with Crippen LogP contribution in [0.25, 0.3) is 11.1 Å². The molecule has 1 aliphatic rings. The summed E-state index contributed by atoms with van der Waals surface area (Å²) in [4.78, 5) is 11.8. The maximum atomic E-state index is 11.8. The lowest BCUT2D eigenvalue weighted by molar-refractivity contribution is -0.115. The van der Waals surface area contributed by atoms with E-state index in [9.17, 15) is 4.79 Å². The summed E-state index contributed by atoms with van der Waals surface area (Å²) < 4.78 is 6.11. The molecule has 26 heavy (non-hydrogen) atoms. The van der Waals surface area contributed by atoms with Gasteiger partial charge in [0.15, 0.2) is 0 Å². The van der Waals surface area contributed by atoms with Gasteiger partial charge in [-0.1, -0.05) is 60.7 Å². The molecule has 0 aromatic heterocycles. The maximum Gasteiger partial charge on any atom is 0.226 e. The minimum Gasteiger partial charge on any atom is -0.488 e. The fourth-order valence-corrected chi connectivity index (χ4v) is 3.14. The van der Waals surface area contributed by atoms with Crippen molar-refractivity contribution in [3.63, 3.8) is 0 Å². The largest absolute Gasteiger partial charge is 0.488 e. The standard InChI is InChI=1S/C22H20N2O2/c25-21-13-14-23-22-18(10-6-11-19(22)24-21)17-9-4-5-12-20(17)26-15-16-7-2-1-3-8-16/h1-12,23H,13-15H2,(H,24,25). The number of anilines is 2. The summed E-state index contributed by atoms with van der Waals surface area (Å²) in [6.07, 6.45) is 0.459. The van der Waals surface area contributed by atoms with Crippen LogP contribution in [0, 0.1) is 0 Å². The average Bonchev–Trinajstić information content (AvgIpc) is 2.88.